The van der Waals surface area contributed by atoms with Gasteiger partial charge >= 0.3 is 0 Å². The molecule has 0 radical (unpaired) electrons. The lowest BCUT2D eigenvalue weighted by atomic mass is 10.2. The lowest BCUT2D eigenvalue weighted by Crippen LogP contribution is -2.42. The quantitative estimate of drug-likeness (QED) is 0.252. The van der Waals surface area contributed by atoms with Crippen molar-refractivity contribution in [1.29, 1.82) is 0 Å². The van der Waals surface area contributed by atoms with Crippen molar-refractivity contribution in [3.8, 4) is 11.5 Å². The molecule has 0 saturated carbocycles. The van der Waals surface area contributed by atoms with E-state index in [1.165, 1.54) is 0 Å². The average Bonchev–Trinajstić information content (AvgIpc) is 2.75. The molecule has 0 aliphatic rings. The SMILES string of the molecule is CN=C(NCCC(=O)NCc1ccccc1)NCC(C)Oc1ccccc1OC.I. The third-order valence-corrected chi connectivity index (χ3v) is 4.15. The molecule has 0 heterocycles. The van der Waals surface area contributed by atoms with Crippen LogP contribution in [0.5, 0.6) is 11.5 Å². The highest BCUT2D eigenvalue weighted by atomic mass is 127. The fourth-order valence-electron chi connectivity index (χ4n) is 2.61. The van der Waals surface area contributed by atoms with Crippen molar-refractivity contribution in [3.05, 3.63) is 60.2 Å². The molecule has 0 bridgehead atoms. The summed E-state index contributed by atoms with van der Waals surface area (Å²) in [5, 5.41) is 9.25. The Morgan fingerprint density at radius 2 is 1.67 bits per heavy atom. The van der Waals surface area contributed by atoms with Crippen molar-refractivity contribution < 1.29 is 14.3 Å². The molecule has 0 aliphatic heterocycles. The smallest absolute Gasteiger partial charge is 0.222 e. The summed E-state index contributed by atoms with van der Waals surface area (Å²) in [4.78, 5) is 16.1. The van der Waals surface area contributed by atoms with E-state index in [1.54, 1.807) is 14.2 Å². The molecule has 164 valence electrons. The molecule has 1 atom stereocenters. The molecule has 0 saturated heterocycles. The Morgan fingerprint density at radius 1 is 1.00 bits per heavy atom. The fourth-order valence-corrected chi connectivity index (χ4v) is 2.61. The van der Waals surface area contributed by atoms with Crippen molar-refractivity contribution in [1.82, 2.24) is 16.0 Å². The zero-order chi connectivity index (χ0) is 20.9. The van der Waals surface area contributed by atoms with E-state index >= 15 is 0 Å². The van der Waals surface area contributed by atoms with Crippen LogP contribution in [-0.4, -0.2) is 45.2 Å². The van der Waals surface area contributed by atoms with Crippen LogP contribution in [0.15, 0.2) is 59.6 Å². The van der Waals surface area contributed by atoms with E-state index in [0.717, 1.165) is 5.56 Å². The lowest BCUT2D eigenvalue weighted by molar-refractivity contribution is -0.121. The Morgan fingerprint density at radius 3 is 2.33 bits per heavy atom. The topological polar surface area (TPSA) is 84.0 Å². The minimum Gasteiger partial charge on any atom is -0.493 e. The molecule has 0 aromatic heterocycles. The van der Waals surface area contributed by atoms with E-state index in [-0.39, 0.29) is 36.0 Å². The summed E-state index contributed by atoms with van der Waals surface area (Å²) in [5.74, 6) is 2.01. The van der Waals surface area contributed by atoms with E-state index in [1.807, 2.05) is 61.5 Å². The van der Waals surface area contributed by atoms with Crippen LogP contribution in [0.3, 0.4) is 0 Å². The van der Waals surface area contributed by atoms with Crippen LogP contribution in [0.25, 0.3) is 0 Å². The van der Waals surface area contributed by atoms with Gasteiger partial charge in [0.25, 0.3) is 0 Å². The average molecular weight is 526 g/mol. The molecule has 30 heavy (non-hydrogen) atoms. The van der Waals surface area contributed by atoms with Gasteiger partial charge in [-0.2, -0.15) is 0 Å². The maximum atomic E-state index is 12.0. The second-order valence-corrected chi connectivity index (χ2v) is 6.47. The van der Waals surface area contributed by atoms with E-state index in [2.05, 4.69) is 20.9 Å². The van der Waals surface area contributed by atoms with E-state index in [4.69, 9.17) is 9.47 Å². The Labute approximate surface area is 195 Å². The van der Waals surface area contributed by atoms with Gasteiger partial charge < -0.3 is 25.4 Å². The highest BCUT2D eigenvalue weighted by Crippen LogP contribution is 2.26. The first-order valence-corrected chi connectivity index (χ1v) is 9.67. The fraction of sp³-hybridized carbons (Fsp3) is 0.364. The number of guanidine groups is 1. The number of carbonyl (C=O) groups excluding carboxylic acids is 1. The Kier molecular flexibility index (Phi) is 12.3. The highest BCUT2D eigenvalue weighted by Gasteiger charge is 2.09. The number of halogens is 1. The normalized spacial score (nSPS) is 11.6. The highest BCUT2D eigenvalue weighted by molar-refractivity contribution is 14.0. The third kappa shape index (κ3) is 9.34. The van der Waals surface area contributed by atoms with Crippen LogP contribution in [0.4, 0.5) is 0 Å². The molecule has 3 N–H and O–H groups in total. The van der Waals surface area contributed by atoms with Crippen LogP contribution in [0.2, 0.25) is 0 Å². The Balaban J connectivity index is 0.00000450. The second-order valence-electron chi connectivity index (χ2n) is 6.47. The second kappa shape index (κ2) is 14.5. The van der Waals surface area contributed by atoms with Gasteiger partial charge in [0.05, 0.1) is 13.7 Å². The minimum atomic E-state index is -0.0981. The summed E-state index contributed by atoms with van der Waals surface area (Å²) in [6, 6.07) is 17.4. The van der Waals surface area contributed by atoms with Crippen molar-refractivity contribution in [2.45, 2.75) is 26.0 Å². The number of nitrogens with zero attached hydrogens (tertiary/aromatic N) is 1. The standard InChI is InChI=1S/C22H30N4O3.HI/c1-17(29-20-12-8-7-11-19(20)28-3)15-26-22(23-2)24-14-13-21(27)25-16-18-9-5-4-6-10-18;/h4-12,17H,13-16H2,1-3H3,(H,25,27)(H2,23,24,26);1H. The molecule has 8 heteroatoms. The van der Waals surface area contributed by atoms with Crippen LogP contribution in [0.1, 0.15) is 18.9 Å². The molecule has 2 aromatic carbocycles. The van der Waals surface area contributed by atoms with Crippen molar-refractivity contribution in [2.75, 3.05) is 27.2 Å². The number of hydrogen-bond donors (Lipinski definition) is 3. The van der Waals surface area contributed by atoms with E-state index in [9.17, 15) is 4.79 Å². The Bertz CT molecular complexity index is 787. The van der Waals surface area contributed by atoms with Crippen molar-refractivity contribution in [3.63, 3.8) is 0 Å². The van der Waals surface area contributed by atoms with Gasteiger partial charge in [0.2, 0.25) is 5.91 Å². The van der Waals surface area contributed by atoms with Gasteiger partial charge in [0, 0.05) is 26.6 Å². The number of para-hydroxylation sites is 2. The number of carbonyl (C=O) groups is 1. The Hall–Kier alpha value is -2.49. The number of nitrogens with one attached hydrogen (secondary N) is 3. The van der Waals surface area contributed by atoms with Gasteiger partial charge in [-0.25, -0.2) is 0 Å². The first-order valence-electron chi connectivity index (χ1n) is 9.67. The molecule has 1 unspecified atom stereocenters. The number of rotatable bonds is 10. The summed E-state index contributed by atoms with van der Waals surface area (Å²) in [6.07, 6.45) is 0.264. The maximum Gasteiger partial charge on any atom is 0.222 e. The molecule has 0 fully saturated rings. The molecule has 2 rings (SSSR count). The van der Waals surface area contributed by atoms with Crippen LogP contribution in [-0.2, 0) is 11.3 Å². The van der Waals surface area contributed by atoms with Crippen molar-refractivity contribution >= 4 is 35.8 Å². The first-order chi connectivity index (χ1) is 14.1. The van der Waals surface area contributed by atoms with Gasteiger partial charge in [0.15, 0.2) is 17.5 Å². The van der Waals surface area contributed by atoms with E-state index < -0.39 is 0 Å². The summed E-state index contributed by atoms with van der Waals surface area (Å²) in [7, 11) is 3.31. The number of ether oxygens (including phenoxy) is 2. The van der Waals surface area contributed by atoms with E-state index in [0.29, 0.717) is 43.5 Å². The maximum absolute atomic E-state index is 12.0. The van der Waals surface area contributed by atoms with Gasteiger partial charge in [0.1, 0.15) is 6.10 Å². The molecule has 0 spiro atoms. The lowest BCUT2D eigenvalue weighted by Gasteiger charge is -2.19. The third-order valence-electron chi connectivity index (χ3n) is 4.15. The van der Waals surface area contributed by atoms with Gasteiger partial charge in [-0.3, -0.25) is 9.79 Å². The zero-order valence-corrected chi connectivity index (χ0v) is 20.0. The van der Waals surface area contributed by atoms with Crippen LogP contribution in [0, 0.1) is 0 Å². The number of benzene rings is 2. The zero-order valence-electron chi connectivity index (χ0n) is 17.7. The molecule has 1 amide bonds. The summed E-state index contributed by atoms with van der Waals surface area (Å²) in [5.41, 5.74) is 1.08. The number of hydrogen-bond acceptors (Lipinski definition) is 4. The van der Waals surface area contributed by atoms with Crippen LogP contribution < -0.4 is 25.4 Å². The number of aliphatic imine (C=N–C) groups is 1. The van der Waals surface area contributed by atoms with Gasteiger partial charge in [-0.15, -0.1) is 24.0 Å². The monoisotopic (exact) mass is 526 g/mol. The molecular weight excluding hydrogens is 495 g/mol. The molecule has 2 aromatic rings. The predicted molar refractivity (Wildman–Crippen MR) is 131 cm³/mol. The molecular formula is C22H31IN4O3. The minimum absolute atomic E-state index is 0. The van der Waals surface area contributed by atoms with Gasteiger partial charge in [-0.1, -0.05) is 42.5 Å². The summed E-state index contributed by atoms with van der Waals surface area (Å²) >= 11 is 0. The van der Waals surface area contributed by atoms with Crippen LogP contribution >= 0.6 is 24.0 Å². The number of amides is 1. The first kappa shape index (κ1) is 25.5. The van der Waals surface area contributed by atoms with Gasteiger partial charge in [-0.05, 0) is 24.6 Å². The summed E-state index contributed by atoms with van der Waals surface area (Å²) in [6.45, 7) is 3.54. The van der Waals surface area contributed by atoms with Crippen molar-refractivity contribution in [2.24, 2.45) is 4.99 Å². The largest absolute Gasteiger partial charge is 0.493 e. The molecule has 7 nitrogen and oxygen atoms in total. The number of methoxy groups -OCH3 is 1. The summed E-state index contributed by atoms with van der Waals surface area (Å²) < 4.78 is 11.2. The molecule has 0 aliphatic carbocycles. The predicted octanol–water partition coefficient (Wildman–Crippen LogP) is 2.95.